The van der Waals surface area contributed by atoms with Crippen LogP contribution in [0, 0.1) is 17.7 Å². The number of rotatable bonds is 9. The molecule has 2 saturated heterocycles. The van der Waals surface area contributed by atoms with E-state index in [1.807, 2.05) is 30.3 Å². The molecule has 3 aromatic rings. The van der Waals surface area contributed by atoms with Crippen LogP contribution < -0.4 is 35.4 Å². The van der Waals surface area contributed by atoms with Crippen molar-refractivity contribution in [3.63, 3.8) is 0 Å². The van der Waals surface area contributed by atoms with Crippen molar-refractivity contribution >= 4 is 23.3 Å². The molecule has 0 aliphatic carbocycles. The second-order valence-corrected chi connectivity index (χ2v) is 12.2. The maximum Gasteiger partial charge on any atom is 0.313 e. The van der Waals surface area contributed by atoms with Crippen LogP contribution in [0.5, 0.6) is 17.2 Å². The molecule has 46 heavy (non-hydrogen) atoms. The first kappa shape index (κ1) is 31.5. The molecule has 2 amide bonds. The molecule has 0 radical (unpaired) electrons. The normalized spacial score (nSPS) is 17.1. The number of carbonyl (C=O) groups is 2. The Balaban J connectivity index is 1.07. The molecule has 3 heterocycles. The zero-order valence-corrected chi connectivity index (χ0v) is 26.2. The van der Waals surface area contributed by atoms with Gasteiger partial charge in [0.05, 0.1) is 19.1 Å². The number of fused-ring (bicyclic) bond motifs is 1. The summed E-state index contributed by atoms with van der Waals surface area (Å²) in [7, 11) is 1.59. The number of ether oxygens (including phenoxy) is 3. The summed E-state index contributed by atoms with van der Waals surface area (Å²) in [5.74, 6) is 0.684. The lowest BCUT2D eigenvalue weighted by molar-refractivity contribution is -0.144. The Morgan fingerprint density at radius 3 is 2.48 bits per heavy atom. The minimum absolute atomic E-state index is 0.0119. The van der Waals surface area contributed by atoms with Crippen LogP contribution in [-0.2, 0) is 16.0 Å². The fourth-order valence-corrected chi connectivity index (χ4v) is 6.36. The SMILES string of the molecule is COc1cc2c(cc1OCC1CCNCC1)=NCCC=2Oc1ccc(NC(=O)C(=O)N2CCC(Cc3ccccc3)CC2)cc1F. The minimum atomic E-state index is -0.781. The van der Waals surface area contributed by atoms with Crippen LogP contribution in [0.1, 0.15) is 37.7 Å². The monoisotopic (exact) mass is 628 g/mol. The van der Waals surface area contributed by atoms with E-state index in [-0.39, 0.29) is 11.4 Å². The summed E-state index contributed by atoms with van der Waals surface area (Å²) in [6.45, 7) is 4.14. The van der Waals surface area contributed by atoms with E-state index in [9.17, 15) is 9.59 Å². The van der Waals surface area contributed by atoms with E-state index < -0.39 is 17.6 Å². The zero-order valence-electron chi connectivity index (χ0n) is 26.2. The number of nitrogens with one attached hydrogen (secondary N) is 2. The zero-order chi connectivity index (χ0) is 31.9. The highest BCUT2D eigenvalue weighted by Crippen LogP contribution is 2.28. The van der Waals surface area contributed by atoms with Gasteiger partial charge in [-0.2, -0.15) is 0 Å². The minimum Gasteiger partial charge on any atom is -0.493 e. The van der Waals surface area contributed by atoms with Gasteiger partial charge in [-0.05, 0) is 80.8 Å². The second kappa shape index (κ2) is 14.8. The van der Waals surface area contributed by atoms with Crippen molar-refractivity contribution in [3.05, 3.63) is 82.6 Å². The van der Waals surface area contributed by atoms with E-state index in [1.54, 1.807) is 12.0 Å². The summed E-state index contributed by atoms with van der Waals surface area (Å²) in [6.07, 6.45) is 5.26. The van der Waals surface area contributed by atoms with Gasteiger partial charge in [0.1, 0.15) is 5.76 Å². The standard InChI is InChI=1S/C36H41FN4O5/c1-44-33-21-28-30(22-34(33)45-23-26-9-14-38-15-10-26)39-16-11-31(28)46-32-8-7-27(20-29(32)37)40-35(42)36(43)41-17-12-25(13-18-41)19-24-5-3-2-4-6-24/h2-8,20-22,25-26,38H,9-19,23H2,1H3,(H,40,42). The van der Waals surface area contributed by atoms with Crippen molar-refractivity contribution in [2.45, 2.75) is 38.5 Å². The molecular formula is C36H41FN4O5. The molecule has 0 atom stereocenters. The predicted octanol–water partition coefficient (Wildman–Crippen LogP) is 3.84. The van der Waals surface area contributed by atoms with Crippen molar-refractivity contribution < 1.29 is 28.2 Å². The van der Waals surface area contributed by atoms with Gasteiger partial charge < -0.3 is 29.7 Å². The number of methoxy groups -OCH3 is 1. The highest BCUT2D eigenvalue weighted by molar-refractivity contribution is 6.39. The van der Waals surface area contributed by atoms with Gasteiger partial charge in [0, 0.05) is 49.1 Å². The Morgan fingerprint density at radius 2 is 1.74 bits per heavy atom. The lowest BCUT2D eigenvalue weighted by atomic mass is 9.90. The average Bonchev–Trinajstić information content (AvgIpc) is 3.09. The number of hydrogen-bond donors (Lipinski definition) is 2. The third-order valence-corrected chi connectivity index (χ3v) is 9.02. The summed E-state index contributed by atoms with van der Waals surface area (Å²) >= 11 is 0. The Kier molecular flexibility index (Phi) is 10.1. The van der Waals surface area contributed by atoms with Crippen molar-refractivity contribution in [2.24, 2.45) is 16.8 Å². The summed E-state index contributed by atoms with van der Waals surface area (Å²) in [5, 5.41) is 7.34. The number of halogens is 1. The number of nitrogens with zero attached hydrogens (tertiary/aromatic N) is 2. The average molecular weight is 629 g/mol. The quantitative estimate of drug-likeness (QED) is 0.350. The van der Waals surface area contributed by atoms with Crippen molar-refractivity contribution in [2.75, 3.05) is 51.8 Å². The van der Waals surface area contributed by atoms with Crippen molar-refractivity contribution in [3.8, 4) is 17.2 Å². The summed E-state index contributed by atoms with van der Waals surface area (Å²) < 4.78 is 33.1. The number of likely N-dealkylation sites (tertiary alicyclic amines) is 1. The first-order valence-corrected chi connectivity index (χ1v) is 16.2. The van der Waals surface area contributed by atoms with Crippen molar-refractivity contribution in [1.82, 2.24) is 10.2 Å². The lowest BCUT2D eigenvalue weighted by Gasteiger charge is -2.31. The molecule has 2 fully saturated rings. The van der Waals surface area contributed by atoms with Gasteiger partial charge in [-0.25, -0.2) is 4.39 Å². The largest absolute Gasteiger partial charge is 0.493 e. The highest BCUT2D eigenvalue weighted by Gasteiger charge is 2.27. The second-order valence-electron chi connectivity index (χ2n) is 12.2. The number of hydrogen-bond acceptors (Lipinski definition) is 7. The Hall–Kier alpha value is -4.44. The summed E-state index contributed by atoms with van der Waals surface area (Å²) in [4.78, 5) is 31.8. The predicted molar refractivity (Wildman–Crippen MR) is 173 cm³/mol. The van der Waals surface area contributed by atoms with Crippen LogP contribution in [0.25, 0.3) is 5.76 Å². The molecule has 0 aromatic heterocycles. The van der Waals surface area contributed by atoms with Gasteiger partial charge in [0.2, 0.25) is 0 Å². The molecule has 0 saturated carbocycles. The van der Waals surface area contributed by atoms with E-state index >= 15 is 4.39 Å². The van der Waals surface area contributed by atoms with E-state index in [4.69, 9.17) is 14.2 Å². The molecular weight excluding hydrogens is 587 g/mol. The number of anilines is 1. The van der Waals surface area contributed by atoms with Crippen LogP contribution in [-0.4, -0.2) is 63.2 Å². The maximum atomic E-state index is 15.2. The van der Waals surface area contributed by atoms with Gasteiger partial charge >= 0.3 is 11.8 Å². The van der Waals surface area contributed by atoms with Crippen LogP contribution in [0.2, 0.25) is 0 Å². The Labute approximate surface area is 268 Å². The lowest BCUT2D eigenvalue weighted by Crippen LogP contribution is -2.44. The molecule has 242 valence electrons. The van der Waals surface area contributed by atoms with Crippen LogP contribution in [0.4, 0.5) is 10.1 Å². The van der Waals surface area contributed by atoms with Crippen LogP contribution in [0.3, 0.4) is 0 Å². The van der Waals surface area contributed by atoms with Gasteiger partial charge in [0.25, 0.3) is 0 Å². The van der Waals surface area contributed by atoms with Crippen molar-refractivity contribution in [1.29, 1.82) is 0 Å². The molecule has 3 aromatic carbocycles. The molecule has 3 aliphatic rings. The van der Waals surface area contributed by atoms with E-state index in [2.05, 4.69) is 27.8 Å². The number of benzene rings is 3. The smallest absolute Gasteiger partial charge is 0.313 e. The Morgan fingerprint density at radius 1 is 0.957 bits per heavy atom. The number of piperidine rings is 2. The van der Waals surface area contributed by atoms with Gasteiger partial charge in [-0.3, -0.25) is 14.6 Å². The fraction of sp³-hybridized carbons (Fsp3) is 0.417. The Bertz CT molecular complexity index is 1670. The molecule has 6 rings (SSSR count). The van der Waals surface area contributed by atoms with Gasteiger partial charge in [-0.1, -0.05) is 30.3 Å². The van der Waals surface area contributed by atoms with E-state index in [1.165, 1.54) is 23.8 Å². The third kappa shape index (κ3) is 7.67. The molecule has 3 aliphatic heterocycles. The van der Waals surface area contributed by atoms with E-state index in [0.717, 1.165) is 45.2 Å². The first-order valence-electron chi connectivity index (χ1n) is 16.2. The van der Waals surface area contributed by atoms with E-state index in [0.29, 0.717) is 72.3 Å². The highest BCUT2D eigenvalue weighted by atomic mass is 19.1. The molecule has 2 N–H and O–H groups in total. The molecule has 10 heteroatoms. The number of carbonyl (C=O) groups excluding carboxylic acids is 2. The number of amides is 2. The molecule has 0 spiro atoms. The topological polar surface area (TPSA) is 101 Å². The first-order chi connectivity index (χ1) is 22.5. The molecule has 0 unspecified atom stereocenters. The molecule has 9 nitrogen and oxygen atoms in total. The summed E-state index contributed by atoms with van der Waals surface area (Å²) in [6, 6.07) is 18.1. The van der Waals surface area contributed by atoms with Crippen LogP contribution >= 0.6 is 0 Å². The molecule has 0 bridgehead atoms. The van der Waals surface area contributed by atoms with Gasteiger partial charge in [-0.15, -0.1) is 0 Å². The summed E-state index contributed by atoms with van der Waals surface area (Å²) in [5.41, 5.74) is 1.46. The fourth-order valence-electron chi connectivity index (χ4n) is 6.36. The van der Waals surface area contributed by atoms with Crippen LogP contribution in [0.15, 0.2) is 65.7 Å². The maximum absolute atomic E-state index is 15.2. The van der Waals surface area contributed by atoms with Gasteiger partial charge in [0.15, 0.2) is 23.1 Å². The third-order valence-electron chi connectivity index (χ3n) is 9.02.